The van der Waals surface area contributed by atoms with Gasteiger partial charge in [-0.15, -0.1) is 10.2 Å². The van der Waals surface area contributed by atoms with Crippen LogP contribution in [-0.4, -0.2) is 25.7 Å². The van der Waals surface area contributed by atoms with Crippen molar-refractivity contribution in [1.82, 2.24) is 20.0 Å². The van der Waals surface area contributed by atoms with E-state index >= 15 is 0 Å². The van der Waals surface area contributed by atoms with Gasteiger partial charge in [0, 0.05) is 30.3 Å². The fourth-order valence-electron chi connectivity index (χ4n) is 2.11. The Morgan fingerprint density at radius 1 is 1.00 bits per heavy atom. The molecule has 0 aliphatic carbocycles. The van der Waals surface area contributed by atoms with E-state index in [9.17, 15) is 0 Å². The largest absolute Gasteiger partial charge is 0.411 e. The minimum Gasteiger partial charge on any atom is -0.411 e. The third-order valence-electron chi connectivity index (χ3n) is 3.24. The molecule has 3 rings (SSSR count). The van der Waals surface area contributed by atoms with E-state index in [1.54, 1.807) is 11.8 Å². The summed E-state index contributed by atoms with van der Waals surface area (Å²) < 4.78 is 7.63. The highest BCUT2D eigenvalue weighted by Gasteiger charge is 2.08. The van der Waals surface area contributed by atoms with Crippen molar-refractivity contribution in [3.05, 3.63) is 48.8 Å². The minimum absolute atomic E-state index is 0.585. The van der Waals surface area contributed by atoms with Gasteiger partial charge in [-0.1, -0.05) is 36.4 Å². The van der Waals surface area contributed by atoms with Gasteiger partial charge in [-0.25, -0.2) is 0 Å². The van der Waals surface area contributed by atoms with Gasteiger partial charge in [0.15, 0.2) is 0 Å². The van der Waals surface area contributed by atoms with Gasteiger partial charge in [-0.2, -0.15) is 5.10 Å². The Labute approximate surface area is 133 Å². The van der Waals surface area contributed by atoms with E-state index in [-0.39, 0.29) is 0 Å². The number of thioether (sulfide) groups is 1. The molecule has 0 radical (unpaired) electrons. The maximum absolute atomic E-state index is 5.66. The molecule has 0 aliphatic heterocycles. The molecule has 0 unspecified atom stereocenters. The first-order valence-electron chi connectivity index (χ1n) is 7.41. The number of hydrogen-bond acceptors (Lipinski definition) is 5. The molecular formula is C16H18N4OS. The molecule has 0 atom stereocenters. The Bertz CT molecular complexity index is 667. The number of aryl methyl sites for hydroxylation is 1. The second-order valence-electron chi connectivity index (χ2n) is 4.92. The van der Waals surface area contributed by atoms with Crippen molar-refractivity contribution in [1.29, 1.82) is 0 Å². The van der Waals surface area contributed by atoms with Crippen LogP contribution in [0.4, 0.5) is 0 Å². The van der Waals surface area contributed by atoms with E-state index in [1.807, 2.05) is 53.5 Å². The van der Waals surface area contributed by atoms with Crippen LogP contribution < -0.4 is 0 Å². The summed E-state index contributed by atoms with van der Waals surface area (Å²) >= 11 is 1.62. The number of rotatable bonds is 8. The second-order valence-corrected chi connectivity index (χ2v) is 5.96. The summed E-state index contributed by atoms with van der Waals surface area (Å²) in [7, 11) is 0. The van der Waals surface area contributed by atoms with Gasteiger partial charge in [0.2, 0.25) is 5.89 Å². The Kier molecular flexibility index (Phi) is 5.26. The first kappa shape index (κ1) is 14.8. The summed E-state index contributed by atoms with van der Waals surface area (Å²) in [5, 5.41) is 13.0. The Hall–Kier alpha value is -2.08. The van der Waals surface area contributed by atoms with Crippen molar-refractivity contribution >= 4 is 11.8 Å². The number of hydrogen-bond donors (Lipinski definition) is 0. The van der Waals surface area contributed by atoms with E-state index in [0.717, 1.165) is 30.7 Å². The van der Waals surface area contributed by atoms with Crippen LogP contribution in [0.25, 0.3) is 11.5 Å². The van der Waals surface area contributed by atoms with E-state index in [1.165, 1.54) is 6.42 Å². The quantitative estimate of drug-likeness (QED) is 0.466. The van der Waals surface area contributed by atoms with Crippen molar-refractivity contribution in [2.45, 2.75) is 31.0 Å². The van der Waals surface area contributed by atoms with Gasteiger partial charge >= 0.3 is 0 Å². The molecule has 0 saturated carbocycles. The maximum atomic E-state index is 5.66. The molecule has 6 heteroatoms. The predicted octanol–water partition coefficient (Wildman–Crippen LogP) is 3.90. The zero-order chi connectivity index (χ0) is 15.0. The SMILES string of the molecule is c1ccc(-c2nnc(SCCCCCn3cccn3)o2)cc1. The molecular weight excluding hydrogens is 296 g/mol. The predicted molar refractivity (Wildman–Crippen MR) is 86.5 cm³/mol. The number of benzene rings is 1. The number of unbranched alkanes of at least 4 members (excludes halogenated alkanes) is 2. The van der Waals surface area contributed by atoms with Crippen molar-refractivity contribution in [2.24, 2.45) is 0 Å². The topological polar surface area (TPSA) is 56.7 Å². The molecule has 2 aromatic heterocycles. The van der Waals surface area contributed by atoms with Crippen LogP contribution in [0.5, 0.6) is 0 Å². The summed E-state index contributed by atoms with van der Waals surface area (Å²) in [5.41, 5.74) is 0.959. The molecule has 0 saturated heterocycles. The summed E-state index contributed by atoms with van der Waals surface area (Å²) in [4.78, 5) is 0. The first-order valence-corrected chi connectivity index (χ1v) is 8.39. The molecule has 0 bridgehead atoms. The van der Waals surface area contributed by atoms with Crippen molar-refractivity contribution in [3.8, 4) is 11.5 Å². The van der Waals surface area contributed by atoms with Crippen LogP contribution in [0.3, 0.4) is 0 Å². The number of nitrogens with zero attached hydrogens (tertiary/aromatic N) is 4. The van der Waals surface area contributed by atoms with E-state index in [2.05, 4.69) is 15.3 Å². The lowest BCUT2D eigenvalue weighted by atomic mass is 10.2. The van der Waals surface area contributed by atoms with Crippen LogP contribution in [0.2, 0.25) is 0 Å². The van der Waals surface area contributed by atoms with Gasteiger partial charge in [0.25, 0.3) is 5.22 Å². The Balaban J connectivity index is 1.36. The van der Waals surface area contributed by atoms with Gasteiger partial charge in [0.05, 0.1) is 0 Å². The summed E-state index contributed by atoms with van der Waals surface area (Å²) in [6, 6.07) is 11.8. The van der Waals surface area contributed by atoms with Gasteiger partial charge in [0.1, 0.15) is 0 Å². The molecule has 0 N–H and O–H groups in total. The lowest BCUT2D eigenvalue weighted by Crippen LogP contribution is -1.98. The fourth-order valence-corrected chi connectivity index (χ4v) is 2.87. The van der Waals surface area contributed by atoms with Gasteiger partial charge in [-0.3, -0.25) is 4.68 Å². The first-order chi connectivity index (χ1) is 10.9. The lowest BCUT2D eigenvalue weighted by Gasteiger charge is -2.00. The summed E-state index contributed by atoms with van der Waals surface area (Å²) in [5.74, 6) is 1.58. The molecule has 22 heavy (non-hydrogen) atoms. The van der Waals surface area contributed by atoms with Crippen LogP contribution in [0.15, 0.2) is 58.4 Å². The highest BCUT2D eigenvalue weighted by Crippen LogP contribution is 2.23. The zero-order valence-electron chi connectivity index (χ0n) is 12.3. The van der Waals surface area contributed by atoms with Crippen LogP contribution in [0.1, 0.15) is 19.3 Å². The van der Waals surface area contributed by atoms with E-state index in [0.29, 0.717) is 11.1 Å². The molecule has 3 aromatic rings. The minimum atomic E-state index is 0.585. The molecule has 1 aromatic carbocycles. The average molecular weight is 314 g/mol. The van der Waals surface area contributed by atoms with Crippen LogP contribution >= 0.6 is 11.8 Å². The standard InChI is InChI=1S/C16H18N4OS/c1-3-8-14(9-4-1)15-18-19-16(21-15)22-13-6-2-5-11-20-12-7-10-17-20/h1,3-4,7-10,12H,2,5-6,11,13H2. The fraction of sp³-hybridized carbons (Fsp3) is 0.312. The highest BCUT2D eigenvalue weighted by atomic mass is 32.2. The van der Waals surface area contributed by atoms with Gasteiger partial charge < -0.3 is 4.42 Å². The van der Waals surface area contributed by atoms with Crippen molar-refractivity contribution in [2.75, 3.05) is 5.75 Å². The molecule has 114 valence electrons. The van der Waals surface area contributed by atoms with Crippen molar-refractivity contribution in [3.63, 3.8) is 0 Å². The molecule has 0 amide bonds. The summed E-state index contributed by atoms with van der Waals surface area (Å²) in [6.45, 7) is 0.983. The smallest absolute Gasteiger partial charge is 0.276 e. The second kappa shape index (κ2) is 7.79. The van der Waals surface area contributed by atoms with Crippen molar-refractivity contribution < 1.29 is 4.42 Å². The molecule has 0 aliphatic rings. The van der Waals surface area contributed by atoms with Crippen LogP contribution in [-0.2, 0) is 6.54 Å². The summed E-state index contributed by atoms with van der Waals surface area (Å²) in [6.07, 6.45) is 7.26. The molecule has 0 spiro atoms. The maximum Gasteiger partial charge on any atom is 0.276 e. The molecule has 2 heterocycles. The van der Waals surface area contributed by atoms with E-state index < -0.39 is 0 Å². The monoisotopic (exact) mass is 314 g/mol. The third kappa shape index (κ3) is 4.21. The van der Waals surface area contributed by atoms with E-state index in [4.69, 9.17) is 4.42 Å². The average Bonchev–Trinajstić information content (AvgIpc) is 3.23. The molecule has 5 nitrogen and oxygen atoms in total. The molecule has 0 fully saturated rings. The van der Waals surface area contributed by atoms with Gasteiger partial charge in [-0.05, 0) is 31.0 Å². The highest BCUT2D eigenvalue weighted by molar-refractivity contribution is 7.99. The normalized spacial score (nSPS) is 10.9. The third-order valence-corrected chi connectivity index (χ3v) is 4.15. The zero-order valence-corrected chi connectivity index (χ0v) is 13.1. The van der Waals surface area contributed by atoms with Crippen LogP contribution in [0, 0.1) is 0 Å². The lowest BCUT2D eigenvalue weighted by molar-refractivity contribution is 0.465. The Morgan fingerprint density at radius 3 is 2.73 bits per heavy atom. The number of aromatic nitrogens is 4. The Morgan fingerprint density at radius 2 is 1.91 bits per heavy atom.